The average molecular weight is 513 g/mol. The van der Waals surface area contributed by atoms with Crippen LogP contribution in [-0.4, -0.2) is 36.6 Å². The minimum atomic E-state index is -4.76. The molecule has 0 aliphatic heterocycles. The molecular weight excluding hydrogens is 491 g/mol. The van der Waals surface area contributed by atoms with Crippen molar-refractivity contribution in [3.05, 3.63) is 48.2 Å². The van der Waals surface area contributed by atoms with Crippen LogP contribution in [0.1, 0.15) is 37.8 Å². The number of sulfonamides is 1. The van der Waals surface area contributed by atoms with Gasteiger partial charge in [0.05, 0.1) is 22.5 Å². The number of nitriles is 1. The van der Waals surface area contributed by atoms with E-state index in [0.29, 0.717) is 36.4 Å². The number of hydrogen-bond donors (Lipinski definition) is 1. The third-order valence-electron chi connectivity index (χ3n) is 6.30. The fourth-order valence-electron chi connectivity index (χ4n) is 4.51. The van der Waals surface area contributed by atoms with Gasteiger partial charge in [0.2, 0.25) is 16.4 Å². The molecule has 1 saturated carbocycles. The van der Waals surface area contributed by atoms with Crippen LogP contribution in [0.3, 0.4) is 0 Å². The summed E-state index contributed by atoms with van der Waals surface area (Å²) in [5, 5.41) is 10.5. The molecule has 2 aromatic heterocycles. The van der Waals surface area contributed by atoms with E-state index in [9.17, 15) is 35.6 Å². The zero-order valence-corrected chi connectivity index (χ0v) is 19.2. The second-order valence-electron chi connectivity index (χ2n) is 8.55. The molecule has 1 aliphatic carbocycles. The van der Waals surface area contributed by atoms with Crippen molar-refractivity contribution in [3.63, 3.8) is 0 Å². The summed E-state index contributed by atoms with van der Waals surface area (Å²) in [4.78, 5) is 3.68. The molecule has 0 amide bonds. The van der Waals surface area contributed by atoms with Crippen molar-refractivity contribution >= 4 is 20.9 Å². The fraction of sp³-hybridized carbons (Fsp3) is 0.391. The lowest BCUT2D eigenvalue weighted by molar-refractivity contribution is -0.147. The lowest BCUT2D eigenvalue weighted by atomic mass is 10.1. The van der Waals surface area contributed by atoms with Crippen LogP contribution >= 0.6 is 0 Å². The zero-order valence-electron chi connectivity index (χ0n) is 18.4. The number of rotatable bonds is 6. The van der Waals surface area contributed by atoms with Crippen LogP contribution in [0.2, 0.25) is 0 Å². The molecule has 0 saturated heterocycles. The molecule has 1 aliphatic rings. The molecule has 1 aromatic carbocycles. The molecule has 3 atom stereocenters. The third-order valence-corrected chi connectivity index (χ3v) is 7.83. The van der Waals surface area contributed by atoms with Crippen LogP contribution in [0.15, 0.2) is 47.5 Å². The van der Waals surface area contributed by atoms with Gasteiger partial charge in [0.1, 0.15) is 17.0 Å². The van der Waals surface area contributed by atoms with Crippen molar-refractivity contribution in [2.24, 2.45) is 5.92 Å². The third kappa shape index (κ3) is 4.75. The van der Waals surface area contributed by atoms with E-state index < -0.39 is 39.5 Å². The number of hydrogen-bond acceptors (Lipinski definition) is 4. The number of alkyl halides is 5. The first-order valence-electron chi connectivity index (χ1n) is 10.8. The van der Waals surface area contributed by atoms with Crippen molar-refractivity contribution in [3.8, 4) is 17.5 Å². The van der Waals surface area contributed by atoms with Crippen LogP contribution in [0, 0.1) is 17.2 Å². The number of fused-ring (bicyclic) bond motifs is 1. The summed E-state index contributed by atoms with van der Waals surface area (Å²) >= 11 is 0. The molecule has 2 heterocycles. The molecule has 12 heteroatoms. The molecule has 0 radical (unpaired) electrons. The van der Waals surface area contributed by atoms with Crippen LogP contribution < -0.4 is 4.72 Å². The Labute approximate surface area is 198 Å². The van der Waals surface area contributed by atoms with Gasteiger partial charge in [-0.05, 0) is 44.4 Å². The maximum Gasteiger partial charge on any atom is 0.404 e. The van der Waals surface area contributed by atoms with E-state index in [0.717, 1.165) is 12.3 Å². The molecule has 1 fully saturated rings. The van der Waals surface area contributed by atoms with Crippen molar-refractivity contribution < 1.29 is 30.4 Å². The van der Waals surface area contributed by atoms with Crippen molar-refractivity contribution in [2.45, 2.75) is 55.8 Å². The van der Waals surface area contributed by atoms with Gasteiger partial charge in [0.15, 0.2) is 0 Å². The van der Waals surface area contributed by atoms with E-state index in [1.807, 2.05) is 0 Å². The Bertz CT molecular complexity index is 1380. The molecule has 1 N–H and O–H groups in total. The van der Waals surface area contributed by atoms with E-state index in [1.165, 1.54) is 6.07 Å². The summed E-state index contributed by atoms with van der Waals surface area (Å²) in [6, 6.07) is 8.93. The Morgan fingerprint density at radius 1 is 1.17 bits per heavy atom. The van der Waals surface area contributed by atoms with E-state index in [-0.39, 0.29) is 23.7 Å². The van der Waals surface area contributed by atoms with E-state index in [1.54, 1.807) is 33.6 Å². The van der Waals surface area contributed by atoms with Crippen LogP contribution in [-0.2, 0) is 10.0 Å². The second kappa shape index (κ2) is 9.20. The zero-order chi connectivity index (χ0) is 25.5. The number of pyridine rings is 1. The van der Waals surface area contributed by atoms with E-state index >= 15 is 0 Å². The van der Waals surface area contributed by atoms with Gasteiger partial charge in [0.25, 0.3) is 0 Å². The first-order valence-corrected chi connectivity index (χ1v) is 12.3. The van der Waals surface area contributed by atoms with Gasteiger partial charge in [-0.1, -0.05) is 18.2 Å². The quantitative estimate of drug-likeness (QED) is 0.448. The summed E-state index contributed by atoms with van der Waals surface area (Å²) in [5.74, 6) is -0.776. The predicted molar refractivity (Wildman–Crippen MR) is 118 cm³/mol. The Kier molecular flexibility index (Phi) is 6.59. The Balaban J connectivity index is 1.78. The summed E-state index contributed by atoms with van der Waals surface area (Å²) in [6.45, 7) is 0.686. The Morgan fingerprint density at radius 2 is 1.89 bits per heavy atom. The standard InChI is InChI=1S/C23H21F5N4O2S/c1-13(23(26,27)28)31-35(33,34)16-8-9-19(30-12-16)21-18(11-29)17-4-2-3-5-20(17)32(21)15-7-6-14(10-15)22(24)25/h2-5,8-9,12-15,22,31H,6-7,10H2,1H3/t13-,14?,15?/m0/s1. The molecule has 0 bridgehead atoms. The Hall–Kier alpha value is -3.04. The topological polar surface area (TPSA) is 87.8 Å². The first kappa shape index (κ1) is 25.1. The van der Waals surface area contributed by atoms with Crippen LogP contribution in [0.25, 0.3) is 22.3 Å². The SMILES string of the molecule is C[C@H](NS(=O)(=O)c1ccc(-c2c(C#N)c3ccccc3n2C2CCC(C(F)F)C2)nc1)C(F)(F)F. The summed E-state index contributed by atoms with van der Waals surface area (Å²) in [6.07, 6.45) is -5.31. The predicted octanol–water partition coefficient (Wildman–Crippen LogP) is 5.41. The minimum Gasteiger partial charge on any atom is -0.335 e. The fourth-order valence-corrected chi connectivity index (χ4v) is 5.68. The normalized spacial score (nSPS) is 19.8. The maximum absolute atomic E-state index is 13.4. The lowest BCUT2D eigenvalue weighted by Gasteiger charge is -2.19. The van der Waals surface area contributed by atoms with Crippen molar-refractivity contribution in [1.29, 1.82) is 5.26 Å². The monoisotopic (exact) mass is 512 g/mol. The number of aromatic nitrogens is 2. The van der Waals surface area contributed by atoms with Gasteiger partial charge < -0.3 is 4.57 Å². The van der Waals surface area contributed by atoms with Gasteiger partial charge in [0, 0.05) is 23.5 Å². The second-order valence-corrected chi connectivity index (χ2v) is 10.3. The largest absolute Gasteiger partial charge is 0.404 e. The average Bonchev–Trinajstić information content (AvgIpc) is 3.41. The molecular formula is C23H21F5N4O2S. The molecule has 2 unspecified atom stereocenters. The number of nitrogens with zero attached hydrogens (tertiary/aromatic N) is 3. The number of nitrogens with one attached hydrogen (secondary N) is 1. The summed E-state index contributed by atoms with van der Waals surface area (Å²) < 4.78 is 93.3. The number of halogens is 5. The first-order chi connectivity index (χ1) is 16.4. The summed E-state index contributed by atoms with van der Waals surface area (Å²) in [5.41, 5.74) is 1.49. The van der Waals surface area contributed by atoms with Gasteiger partial charge in [-0.15, -0.1) is 0 Å². The number of benzene rings is 1. The van der Waals surface area contributed by atoms with Crippen LogP contribution in [0.5, 0.6) is 0 Å². The molecule has 0 spiro atoms. The molecule has 186 valence electrons. The summed E-state index contributed by atoms with van der Waals surface area (Å²) in [7, 11) is -4.51. The Morgan fingerprint density at radius 3 is 2.46 bits per heavy atom. The van der Waals surface area contributed by atoms with Gasteiger partial charge >= 0.3 is 6.18 Å². The molecule has 6 nitrogen and oxygen atoms in total. The maximum atomic E-state index is 13.4. The number of para-hydroxylation sites is 1. The van der Waals surface area contributed by atoms with E-state index in [2.05, 4.69) is 11.1 Å². The van der Waals surface area contributed by atoms with Crippen molar-refractivity contribution in [2.75, 3.05) is 0 Å². The lowest BCUT2D eigenvalue weighted by Crippen LogP contribution is -2.42. The molecule has 4 rings (SSSR count). The molecule has 35 heavy (non-hydrogen) atoms. The van der Waals surface area contributed by atoms with Gasteiger partial charge in [-0.2, -0.15) is 23.2 Å². The highest BCUT2D eigenvalue weighted by Crippen LogP contribution is 2.44. The highest BCUT2D eigenvalue weighted by atomic mass is 32.2. The highest BCUT2D eigenvalue weighted by molar-refractivity contribution is 7.89. The molecule has 3 aromatic rings. The highest BCUT2D eigenvalue weighted by Gasteiger charge is 2.39. The smallest absolute Gasteiger partial charge is 0.335 e. The van der Waals surface area contributed by atoms with E-state index in [4.69, 9.17) is 0 Å². The van der Waals surface area contributed by atoms with Gasteiger partial charge in [-0.25, -0.2) is 17.2 Å². The van der Waals surface area contributed by atoms with Crippen molar-refractivity contribution in [1.82, 2.24) is 14.3 Å². The van der Waals surface area contributed by atoms with Crippen LogP contribution in [0.4, 0.5) is 22.0 Å². The van der Waals surface area contributed by atoms with Gasteiger partial charge in [-0.3, -0.25) is 4.98 Å². The minimum absolute atomic E-state index is 0.208.